The third-order valence-corrected chi connectivity index (χ3v) is 3.22. The fraction of sp³-hybridized carbons (Fsp3) is 0.312. The number of rotatable bonds is 6. The van der Waals surface area contributed by atoms with E-state index in [1.54, 1.807) is 7.11 Å². The molecule has 1 heterocycles. The van der Waals surface area contributed by atoms with Crippen LogP contribution in [0.5, 0.6) is 11.5 Å². The zero-order valence-electron chi connectivity index (χ0n) is 12.4. The Hall–Kier alpha value is -1.78. The van der Waals surface area contributed by atoms with E-state index in [0.29, 0.717) is 18.2 Å². The van der Waals surface area contributed by atoms with Crippen LogP contribution >= 0.6 is 11.6 Å². The minimum atomic E-state index is 0.385. The van der Waals surface area contributed by atoms with Crippen LogP contribution in [0.25, 0.3) is 0 Å². The Balaban J connectivity index is 2.14. The molecule has 0 spiro atoms. The van der Waals surface area contributed by atoms with E-state index < -0.39 is 0 Å². The Labute approximate surface area is 130 Å². The largest absolute Gasteiger partial charge is 0.497 e. The molecule has 1 aromatic heterocycles. The lowest BCUT2D eigenvalue weighted by atomic mass is 10.2. The van der Waals surface area contributed by atoms with Crippen LogP contribution in [-0.2, 0) is 13.2 Å². The van der Waals surface area contributed by atoms with E-state index in [4.69, 9.17) is 21.1 Å². The highest BCUT2D eigenvalue weighted by Crippen LogP contribution is 2.24. The summed E-state index contributed by atoms with van der Waals surface area (Å²) in [5, 5.41) is 3.80. The fourth-order valence-electron chi connectivity index (χ4n) is 2.06. The number of aromatic nitrogens is 1. The summed E-state index contributed by atoms with van der Waals surface area (Å²) in [5.74, 6) is 1.59. The molecule has 0 aliphatic heterocycles. The van der Waals surface area contributed by atoms with Gasteiger partial charge in [-0.3, -0.25) is 4.98 Å². The van der Waals surface area contributed by atoms with Gasteiger partial charge in [-0.2, -0.15) is 0 Å². The first kappa shape index (κ1) is 15.6. The Morgan fingerprint density at radius 2 is 2.05 bits per heavy atom. The third kappa shape index (κ3) is 4.34. The molecule has 2 rings (SSSR count). The highest BCUT2D eigenvalue weighted by Gasteiger charge is 2.06. The molecule has 0 unspecified atom stereocenters. The zero-order chi connectivity index (χ0) is 15.2. The zero-order valence-corrected chi connectivity index (χ0v) is 13.2. The van der Waals surface area contributed by atoms with Crippen molar-refractivity contribution in [2.45, 2.75) is 20.1 Å². The molecule has 5 heteroatoms. The molecule has 1 N–H and O–H groups in total. The van der Waals surface area contributed by atoms with E-state index in [9.17, 15) is 0 Å². The molecule has 0 fully saturated rings. The normalized spacial score (nSPS) is 10.5. The molecule has 0 amide bonds. The number of hydrogen-bond acceptors (Lipinski definition) is 4. The Kier molecular flexibility index (Phi) is 5.42. The summed E-state index contributed by atoms with van der Waals surface area (Å²) in [5.41, 5.74) is 2.75. The number of hydrogen-bond donors (Lipinski definition) is 1. The molecule has 0 bridgehead atoms. The predicted molar refractivity (Wildman–Crippen MR) is 84.1 cm³/mol. The Bertz CT molecular complexity index is 617. The number of ether oxygens (including phenoxy) is 2. The number of nitrogens with zero attached hydrogens (tertiary/aromatic N) is 1. The molecule has 2 aromatic rings. The van der Waals surface area contributed by atoms with Gasteiger partial charge in [-0.15, -0.1) is 0 Å². The highest BCUT2D eigenvalue weighted by molar-refractivity contribution is 6.30. The average Bonchev–Trinajstić information content (AvgIpc) is 2.46. The molecule has 1 aromatic carbocycles. The Morgan fingerprint density at radius 1 is 1.24 bits per heavy atom. The van der Waals surface area contributed by atoms with E-state index in [0.717, 1.165) is 28.5 Å². The topological polar surface area (TPSA) is 43.4 Å². The van der Waals surface area contributed by atoms with E-state index in [2.05, 4.69) is 10.3 Å². The number of benzene rings is 1. The van der Waals surface area contributed by atoms with Gasteiger partial charge >= 0.3 is 0 Å². The smallest absolute Gasteiger partial charge is 0.130 e. The van der Waals surface area contributed by atoms with Crippen molar-refractivity contribution in [1.29, 1.82) is 0 Å². The third-order valence-electron chi connectivity index (χ3n) is 2.98. The molecule has 0 atom stereocenters. The van der Waals surface area contributed by atoms with Crippen molar-refractivity contribution in [1.82, 2.24) is 10.3 Å². The van der Waals surface area contributed by atoms with Crippen molar-refractivity contribution >= 4 is 11.6 Å². The summed E-state index contributed by atoms with van der Waals surface area (Å²) in [6.45, 7) is 3.01. The summed E-state index contributed by atoms with van der Waals surface area (Å²) in [6, 6.07) is 9.36. The summed E-state index contributed by atoms with van der Waals surface area (Å²) < 4.78 is 11.1. The van der Waals surface area contributed by atoms with Gasteiger partial charge in [0.05, 0.1) is 12.8 Å². The van der Waals surface area contributed by atoms with Crippen molar-refractivity contribution in [2.24, 2.45) is 0 Å². The molecular weight excluding hydrogens is 288 g/mol. The van der Waals surface area contributed by atoms with Crippen LogP contribution in [0.2, 0.25) is 5.02 Å². The number of nitrogens with one attached hydrogen (secondary N) is 1. The first-order chi connectivity index (χ1) is 10.1. The molecule has 0 saturated heterocycles. The quantitative estimate of drug-likeness (QED) is 0.889. The fourth-order valence-corrected chi connectivity index (χ4v) is 2.26. The van der Waals surface area contributed by atoms with Crippen LogP contribution in [-0.4, -0.2) is 19.1 Å². The van der Waals surface area contributed by atoms with E-state index in [-0.39, 0.29) is 0 Å². The van der Waals surface area contributed by atoms with Crippen molar-refractivity contribution in [3.8, 4) is 11.5 Å². The summed E-state index contributed by atoms with van der Waals surface area (Å²) in [6.07, 6.45) is 0. The van der Waals surface area contributed by atoms with Gasteiger partial charge in [-0.25, -0.2) is 0 Å². The minimum Gasteiger partial charge on any atom is -0.497 e. The maximum atomic E-state index is 6.02. The Morgan fingerprint density at radius 3 is 2.76 bits per heavy atom. The molecule has 0 radical (unpaired) electrons. The number of halogens is 1. The van der Waals surface area contributed by atoms with Gasteiger partial charge in [0.1, 0.15) is 18.1 Å². The lowest BCUT2D eigenvalue weighted by Gasteiger charge is -2.12. The molecule has 4 nitrogen and oxygen atoms in total. The summed E-state index contributed by atoms with van der Waals surface area (Å²) >= 11 is 6.02. The van der Waals surface area contributed by atoms with Crippen LogP contribution in [0, 0.1) is 6.92 Å². The van der Waals surface area contributed by atoms with Crippen LogP contribution in [0.4, 0.5) is 0 Å². The van der Waals surface area contributed by atoms with Gasteiger partial charge in [0.15, 0.2) is 0 Å². The minimum absolute atomic E-state index is 0.385. The molecule has 0 aliphatic carbocycles. The second-order valence-corrected chi connectivity index (χ2v) is 5.15. The lowest BCUT2D eigenvalue weighted by molar-refractivity contribution is 0.296. The molecule has 21 heavy (non-hydrogen) atoms. The molecule has 112 valence electrons. The van der Waals surface area contributed by atoms with Crippen LogP contribution < -0.4 is 14.8 Å². The van der Waals surface area contributed by atoms with Crippen LogP contribution in [0.15, 0.2) is 30.3 Å². The molecule has 0 saturated carbocycles. The standard InChI is InChI=1S/C16H19ClN2O2/c1-11-6-15(20-3)8-14(19-11)10-21-16-5-4-13(17)7-12(16)9-18-2/h4-8,18H,9-10H2,1-3H3. The van der Waals surface area contributed by atoms with Gasteiger partial charge < -0.3 is 14.8 Å². The molecular formula is C16H19ClN2O2. The number of aryl methyl sites for hydroxylation is 1. The summed E-state index contributed by atoms with van der Waals surface area (Å²) in [4.78, 5) is 4.44. The second-order valence-electron chi connectivity index (χ2n) is 4.71. The summed E-state index contributed by atoms with van der Waals surface area (Å²) in [7, 11) is 3.53. The average molecular weight is 307 g/mol. The maximum Gasteiger partial charge on any atom is 0.130 e. The number of methoxy groups -OCH3 is 1. The maximum absolute atomic E-state index is 6.02. The van der Waals surface area contributed by atoms with Gasteiger partial charge in [-0.05, 0) is 32.2 Å². The van der Waals surface area contributed by atoms with Crippen LogP contribution in [0.3, 0.4) is 0 Å². The van der Waals surface area contributed by atoms with E-state index in [1.165, 1.54) is 0 Å². The van der Waals surface area contributed by atoms with Crippen LogP contribution in [0.1, 0.15) is 17.0 Å². The highest BCUT2D eigenvalue weighted by atomic mass is 35.5. The van der Waals surface area contributed by atoms with Gasteiger partial charge in [-0.1, -0.05) is 11.6 Å². The van der Waals surface area contributed by atoms with E-state index >= 15 is 0 Å². The van der Waals surface area contributed by atoms with E-state index in [1.807, 2.05) is 44.3 Å². The monoisotopic (exact) mass is 306 g/mol. The number of pyridine rings is 1. The predicted octanol–water partition coefficient (Wildman–Crippen LogP) is 3.35. The lowest BCUT2D eigenvalue weighted by Crippen LogP contribution is -2.08. The van der Waals surface area contributed by atoms with Crippen molar-refractivity contribution < 1.29 is 9.47 Å². The molecule has 0 aliphatic rings. The van der Waals surface area contributed by atoms with Crippen molar-refractivity contribution in [3.63, 3.8) is 0 Å². The first-order valence-corrected chi connectivity index (χ1v) is 7.07. The second kappa shape index (κ2) is 7.29. The van der Waals surface area contributed by atoms with Gasteiger partial charge in [0, 0.05) is 35.0 Å². The SMILES string of the molecule is CNCc1cc(Cl)ccc1OCc1cc(OC)cc(C)n1. The van der Waals surface area contributed by atoms with Gasteiger partial charge in [0.2, 0.25) is 0 Å². The first-order valence-electron chi connectivity index (χ1n) is 6.69. The van der Waals surface area contributed by atoms with Crippen molar-refractivity contribution in [2.75, 3.05) is 14.2 Å². The van der Waals surface area contributed by atoms with Crippen molar-refractivity contribution in [3.05, 3.63) is 52.3 Å². The van der Waals surface area contributed by atoms with Gasteiger partial charge in [0.25, 0.3) is 0 Å².